The Kier molecular flexibility index (Phi) is 3.45. The van der Waals surface area contributed by atoms with Gasteiger partial charge in [-0.1, -0.05) is 0 Å². The van der Waals surface area contributed by atoms with E-state index >= 15 is 0 Å². The third kappa shape index (κ3) is 2.77. The first kappa shape index (κ1) is 12.6. The van der Waals surface area contributed by atoms with Gasteiger partial charge in [0.25, 0.3) is 0 Å². The molecule has 4 heteroatoms. The first-order valence-corrected chi connectivity index (χ1v) is 7.82. The second-order valence-corrected chi connectivity index (χ2v) is 6.66. The molecule has 1 aliphatic heterocycles. The van der Waals surface area contributed by atoms with Crippen molar-refractivity contribution in [3.63, 3.8) is 0 Å². The Morgan fingerprint density at radius 3 is 3.00 bits per heavy atom. The molecule has 1 saturated heterocycles. The van der Waals surface area contributed by atoms with Crippen LogP contribution in [0.3, 0.4) is 0 Å². The van der Waals surface area contributed by atoms with Crippen LogP contribution in [0.4, 0.5) is 0 Å². The van der Waals surface area contributed by atoms with Crippen molar-refractivity contribution in [2.24, 2.45) is 0 Å². The molecule has 2 fully saturated rings. The van der Waals surface area contributed by atoms with Gasteiger partial charge in [-0.05, 0) is 48.6 Å². The molecule has 1 aromatic heterocycles. The van der Waals surface area contributed by atoms with Crippen LogP contribution < -0.4 is 5.32 Å². The summed E-state index contributed by atoms with van der Waals surface area (Å²) >= 11 is 1.64. The second kappa shape index (κ2) is 4.93. The summed E-state index contributed by atoms with van der Waals surface area (Å²) in [7, 11) is 0. The van der Waals surface area contributed by atoms with E-state index in [-0.39, 0.29) is 0 Å². The third-order valence-electron chi connectivity index (χ3n) is 4.16. The molecular formula is C14H22N2OS. The topological polar surface area (TPSA) is 35.5 Å². The summed E-state index contributed by atoms with van der Waals surface area (Å²) in [6, 6.07) is 3.43. The predicted octanol–water partition coefficient (Wildman–Crippen LogP) is 1.78. The lowest BCUT2D eigenvalue weighted by Gasteiger charge is -2.25. The molecule has 1 aliphatic carbocycles. The van der Waals surface area contributed by atoms with Gasteiger partial charge >= 0.3 is 0 Å². The van der Waals surface area contributed by atoms with E-state index in [1.54, 1.807) is 11.3 Å². The van der Waals surface area contributed by atoms with Gasteiger partial charge in [-0.15, -0.1) is 0 Å². The summed E-state index contributed by atoms with van der Waals surface area (Å²) < 4.78 is 0. The van der Waals surface area contributed by atoms with E-state index < -0.39 is 5.60 Å². The molecule has 2 heterocycles. The molecule has 2 atom stereocenters. The molecule has 2 aliphatic rings. The van der Waals surface area contributed by atoms with Gasteiger partial charge in [0, 0.05) is 31.7 Å². The Bertz CT molecular complexity index is 387. The maximum absolute atomic E-state index is 10.5. The normalized spacial score (nSPS) is 28.4. The van der Waals surface area contributed by atoms with Crippen LogP contribution in [0.25, 0.3) is 0 Å². The molecule has 0 amide bonds. The lowest BCUT2D eigenvalue weighted by atomic mass is 9.99. The number of nitrogens with zero attached hydrogens (tertiary/aromatic N) is 1. The third-order valence-corrected chi connectivity index (χ3v) is 4.84. The van der Waals surface area contributed by atoms with Crippen LogP contribution in [0.15, 0.2) is 16.8 Å². The largest absolute Gasteiger partial charge is 0.384 e. The zero-order valence-electron chi connectivity index (χ0n) is 10.9. The Labute approximate surface area is 113 Å². The lowest BCUT2D eigenvalue weighted by molar-refractivity contribution is 0.0544. The number of thiophene rings is 1. The smallest absolute Gasteiger partial charge is 0.1000 e. The number of hydrogen-bond acceptors (Lipinski definition) is 4. The molecule has 0 radical (unpaired) electrons. The fourth-order valence-corrected chi connectivity index (χ4v) is 3.52. The Balaban J connectivity index is 1.49. The lowest BCUT2D eigenvalue weighted by Crippen LogP contribution is -2.42. The number of nitrogens with one attached hydrogen (secondary N) is 1. The first-order valence-electron chi connectivity index (χ1n) is 6.88. The van der Waals surface area contributed by atoms with Crippen LogP contribution in [0.1, 0.15) is 31.7 Å². The van der Waals surface area contributed by atoms with Gasteiger partial charge in [-0.25, -0.2) is 0 Å². The molecule has 1 saturated carbocycles. The molecule has 3 nitrogen and oxygen atoms in total. The maximum Gasteiger partial charge on any atom is 0.1000 e. The summed E-state index contributed by atoms with van der Waals surface area (Å²) in [4.78, 5) is 2.59. The van der Waals surface area contributed by atoms with Gasteiger partial charge in [0.15, 0.2) is 0 Å². The molecule has 0 bridgehead atoms. The number of aliphatic hydroxyl groups is 1. The highest BCUT2D eigenvalue weighted by molar-refractivity contribution is 7.08. The van der Waals surface area contributed by atoms with E-state index in [0.29, 0.717) is 12.6 Å². The molecule has 18 heavy (non-hydrogen) atoms. The van der Waals surface area contributed by atoms with Crippen LogP contribution in [0, 0.1) is 0 Å². The fourth-order valence-electron chi connectivity index (χ4n) is 2.74. The molecule has 1 aromatic rings. The van der Waals surface area contributed by atoms with Crippen LogP contribution in [0.2, 0.25) is 0 Å². The van der Waals surface area contributed by atoms with E-state index in [4.69, 9.17) is 0 Å². The average molecular weight is 266 g/mol. The minimum Gasteiger partial charge on any atom is -0.384 e. The quantitative estimate of drug-likeness (QED) is 0.853. The van der Waals surface area contributed by atoms with Crippen molar-refractivity contribution in [2.75, 3.05) is 19.6 Å². The van der Waals surface area contributed by atoms with E-state index in [1.807, 2.05) is 23.8 Å². The summed E-state index contributed by atoms with van der Waals surface area (Å²) in [6.07, 6.45) is 3.99. The van der Waals surface area contributed by atoms with Gasteiger partial charge < -0.3 is 10.4 Å². The SMILES string of the molecule is CC(O)(CNC1CCN(C2CC2)C1)c1ccsc1. The van der Waals surface area contributed by atoms with Crippen LogP contribution in [0.5, 0.6) is 0 Å². The molecular weight excluding hydrogens is 244 g/mol. The predicted molar refractivity (Wildman–Crippen MR) is 74.9 cm³/mol. The van der Waals surface area contributed by atoms with Gasteiger partial charge in [-0.3, -0.25) is 4.90 Å². The average Bonchev–Trinajstić information content (AvgIpc) is 2.88. The minimum atomic E-state index is -0.743. The first-order chi connectivity index (χ1) is 8.65. The Morgan fingerprint density at radius 1 is 1.50 bits per heavy atom. The molecule has 0 spiro atoms. The summed E-state index contributed by atoms with van der Waals surface area (Å²) in [5.41, 5.74) is 0.282. The van der Waals surface area contributed by atoms with Crippen molar-refractivity contribution in [1.82, 2.24) is 10.2 Å². The summed E-state index contributed by atoms with van der Waals surface area (Å²) in [6.45, 7) is 4.93. The summed E-state index contributed by atoms with van der Waals surface area (Å²) in [5, 5.41) is 18.0. The maximum atomic E-state index is 10.5. The zero-order chi connectivity index (χ0) is 12.6. The van der Waals surface area contributed by atoms with Crippen LogP contribution in [-0.2, 0) is 5.60 Å². The van der Waals surface area contributed by atoms with Crippen molar-refractivity contribution < 1.29 is 5.11 Å². The van der Waals surface area contributed by atoms with E-state index in [2.05, 4.69) is 10.2 Å². The van der Waals surface area contributed by atoms with E-state index in [9.17, 15) is 5.11 Å². The van der Waals surface area contributed by atoms with Gasteiger partial charge in [0.2, 0.25) is 0 Å². The Hall–Kier alpha value is -0.420. The van der Waals surface area contributed by atoms with Gasteiger partial charge in [0.1, 0.15) is 0 Å². The molecule has 2 unspecified atom stereocenters. The van der Waals surface area contributed by atoms with E-state index in [1.165, 1.54) is 25.8 Å². The van der Waals surface area contributed by atoms with Gasteiger partial charge in [0.05, 0.1) is 5.60 Å². The second-order valence-electron chi connectivity index (χ2n) is 5.88. The summed E-state index contributed by atoms with van der Waals surface area (Å²) in [5.74, 6) is 0. The number of rotatable bonds is 5. The van der Waals surface area contributed by atoms with Crippen molar-refractivity contribution in [3.05, 3.63) is 22.4 Å². The standard InChI is InChI=1S/C14H22N2OS/c1-14(17,11-5-7-18-9-11)10-15-12-4-6-16(8-12)13-2-3-13/h5,7,9,12-13,15,17H,2-4,6,8,10H2,1H3. The molecule has 100 valence electrons. The van der Waals surface area contributed by atoms with E-state index in [0.717, 1.165) is 18.2 Å². The van der Waals surface area contributed by atoms with Crippen LogP contribution in [-0.4, -0.2) is 41.7 Å². The Morgan fingerprint density at radius 2 is 2.33 bits per heavy atom. The molecule has 2 N–H and O–H groups in total. The van der Waals surface area contributed by atoms with Crippen molar-refractivity contribution in [2.45, 2.75) is 43.9 Å². The highest BCUT2D eigenvalue weighted by Crippen LogP contribution is 2.30. The highest BCUT2D eigenvalue weighted by Gasteiger charge is 2.35. The number of likely N-dealkylation sites (tertiary alicyclic amines) is 1. The molecule has 0 aromatic carbocycles. The molecule has 3 rings (SSSR count). The van der Waals surface area contributed by atoms with Crippen molar-refractivity contribution >= 4 is 11.3 Å². The highest BCUT2D eigenvalue weighted by atomic mass is 32.1. The zero-order valence-corrected chi connectivity index (χ0v) is 11.7. The van der Waals surface area contributed by atoms with Crippen LogP contribution >= 0.6 is 11.3 Å². The van der Waals surface area contributed by atoms with Gasteiger partial charge in [-0.2, -0.15) is 11.3 Å². The number of hydrogen-bond donors (Lipinski definition) is 2. The van der Waals surface area contributed by atoms with Crippen molar-refractivity contribution in [3.8, 4) is 0 Å². The fraction of sp³-hybridized carbons (Fsp3) is 0.714. The minimum absolute atomic E-state index is 0.552. The monoisotopic (exact) mass is 266 g/mol. The van der Waals surface area contributed by atoms with Crippen molar-refractivity contribution in [1.29, 1.82) is 0 Å².